The third-order valence-corrected chi connectivity index (χ3v) is 3.03. The molecule has 0 bridgehead atoms. The molecule has 1 aliphatic rings. The molecule has 3 heteroatoms. The van der Waals surface area contributed by atoms with Gasteiger partial charge in [-0.25, -0.2) is 5.43 Å². The van der Waals surface area contributed by atoms with Gasteiger partial charge in [-0.3, -0.25) is 4.79 Å². The van der Waals surface area contributed by atoms with E-state index in [9.17, 15) is 4.79 Å². The van der Waals surface area contributed by atoms with Crippen LogP contribution in [0.4, 0.5) is 0 Å². The highest BCUT2D eigenvalue weighted by molar-refractivity contribution is 6.11. The van der Waals surface area contributed by atoms with Crippen molar-refractivity contribution < 1.29 is 4.79 Å². The minimum absolute atomic E-state index is 0.0103. The predicted molar refractivity (Wildman–Crippen MR) is 59.5 cm³/mol. The van der Waals surface area contributed by atoms with Crippen molar-refractivity contribution in [2.75, 3.05) is 0 Å². The van der Waals surface area contributed by atoms with Crippen LogP contribution in [0, 0.1) is 5.41 Å². The lowest BCUT2D eigenvalue weighted by Gasteiger charge is -2.20. The molecule has 1 atom stereocenters. The highest BCUT2D eigenvalue weighted by Gasteiger charge is 2.40. The molecule has 1 heterocycles. The van der Waals surface area contributed by atoms with Gasteiger partial charge in [-0.1, -0.05) is 30.3 Å². The third kappa shape index (κ3) is 1.65. The number of benzene rings is 1. The van der Waals surface area contributed by atoms with Gasteiger partial charge in [-0.05, 0) is 25.8 Å². The van der Waals surface area contributed by atoms with Crippen LogP contribution < -0.4 is 5.43 Å². The number of carbonyl (C=O) groups excluding carboxylic acids is 1. The maximum Gasteiger partial charge on any atom is 0.252 e. The number of carbonyl (C=O) groups is 1. The lowest BCUT2D eigenvalue weighted by Crippen LogP contribution is -2.36. The first kappa shape index (κ1) is 9.90. The van der Waals surface area contributed by atoms with E-state index >= 15 is 0 Å². The van der Waals surface area contributed by atoms with Gasteiger partial charge in [0.05, 0.1) is 11.1 Å². The number of rotatable bonds is 2. The molecule has 0 aliphatic carbocycles. The van der Waals surface area contributed by atoms with Gasteiger partial charge >= 0.3 is 0 Å². The number of amides is 1. The second kappa shape index (κ2) is 3.50. The summed E-state index contributed by atoms with van der Waals surface area (Å²) in [6.45, 7) is 3.82. The number of hydrogen-bond acceptors (Lipinski definition) is 2. The zero-order chi connectivity index (χ0) is 10.9. The van der Waals surface area contributed by atoms with Gasteiger partial charge in [0.2, 0.25) is 0 Å². The van der Waals surface area contributed by atoms with Crippen molar-refractivity contribution in [3.05, 3.63) is 35.9 Å². The second-order valence-corrected chi connectivity index (χ2v) is 4.13. The van der Waals surface area contributed by atoms with Gasteiger partial charge in [0.25, 0.3) is 5.91 Å². The van der Waals surface area contributed by atoms with Crippen LogP contribution in [0.3, 0.4) is 0 Å². The van der Waals surface area contributed by atoms with Crippen LogP contribution in [0.25, 0.3) is 0 Å². The van der Waals surface area contributed by atoms with E-state index in [4.69, 9.17) is 0 Å². The molecule has 1 aliphatic heterocycles. The topological polar surface area (TPSA) is 41.5 Å². The lowest BCUT2D eigenvalue weighted by atomic mass is 9.80. The zero-order valence-corrected chi connectivity index (χ0v) is 8.95. The minimum atomic E-state index is -0.485. The quantitative estimate of drug-likeness (QED) is 0.779. The van der Waals surface area contributed by atoms with Crippen LogP contribution in [0.5, 0.6) is 0 Å². The Morgan fingerprint density at radius 2 is 2.00 bits per heavy atom. The average Bonchev–Trinajstić information content (AvgIpc) is 2.48. The van der Waals surface area contributed by atoms with Gasteiger partial charge in [-0.2, -0.15) is 5.10 Å². The molecule has 0 fully saturated rings. The van der Waals surface area contributed by atoms with E-state index in [0.29, 0.717) is 6.42 Å². The molecule has 1 aromatic carbocycles. The largest absolute Gasteiger partial charge is 0.272 e. The maximum atomic E-state index is 11.7. The molecular formula is C12H14N2O. The van der Waals surface area contributed by atoms with Gasteiger partial charge in [0.15, 0.2) is 0 Å². The summed E-state index contributed by atoms with van der Waals surface area (Å²) in [5.74, 6) is -0.0103. The van der Waals surface area contributed by atoms with E-state index in [-0.39, 0.29) is 5.91 Å². The van der Waals surface area contributed by atoms with E-state index < -0.39 is 5.41 Å². The number of hydrazone groups is 1. The Hall–Kier alpha value is -1.64. The number of nitrogens with zero attached hydrogens (tertiary/aromatic N) is 1. The van der Waals surface area contributed by atoms with E-state index in [0.717, 1.165) is 11.3 Å². The molecule has 0 saturated carbocycles. The highest BCUT2D eigenvalue weighted by Crippen LogP contribution is 2.28. The smallest absolute Gasteiger partial charge is 0.252 e. The summed E-state index contributed by atoms with van der Waals surface area (Å²) in [4.78, 5) is 11.7. The first-order valence-electron chi connectivity index (χ1n) is 5.02. The lowest BCUT2D eigenvalue weighted by molar-refractivity contribution is -0.125. The fourth-order valence-electron chi connectivity index (χ4n) is 1.76. The summed E-state index contributed by atoms with van der Waals surface area (Å²) in [7, 11) is 0. The molecular weight excluding hydrogens is 188 g/mol. The van der Waals surface area contributed by atoms with Gasteiger partial charge in [0, 0.05) is 0 Å². The first-order chi connectivity index (χ1) is 7.13. The van der Waals surface area contributed by atoms with E-state index in [1.54, 1.807) is 0 Å². The van der Waals surface area contributed by atoms with Crippen LogP contribution in [-0.4, -0.2) is 11.6 Å². The minimum Gasteiger partial charge on any atom is -0.272 e. The Labute approximate surface area is 89.2 Å². The SMILES string of the molecule is CC1=NNC(=O)[C@@]1(C)Cc1ccccc1. The molecule has 78 valence electrons. The van der Waals surface area contributed by atoms with Crippen molar-refractivity contribution in [3.8, 4) is 0 Å². The summed E-state index contributed by atoms with van der Waals surface area (Å²) >= 11 is 0. The van der Waals surface area contributed by atoms with E-state index in [1.165, 1.54) is 0 Å². The number of hydrogen-bond donors (Lipinski definition) is 1. The summed E-state index contributed by atoms with van der Waals surface area (Å²) in [5.41, 5.74) is 4.06. The third-order valence-electron chi connectivity index (χ3n) is 3.03. The Bertz CT molecular complexity index is 411. The molecule has 15 heavy (non-hydrogen) atoms. The normalized spacial score (nSPS) is 24.9. The molecule has 1 amide bonds. The Kier molecular flexibility index (Phi) is 2.31. The molecule has 0 saturated heterocycles. The molecule has 2 rings (SSSR count). The molecule has 0 aromatic heterocycles. The second-order valence-electron chi connectivity index (χ2n) is 4.13. The molecule has 0 spiro atoms. The van der Waals surface area contributed by atoms with Gasteiger partial charge in [-0.15, -0.1) is 0 Å². The Morgan fingerprint density at radius 1 is 1.33 bits per heavy atom. The van der Waals surface area contributed by atoms with Crippen molar-refractivity contribution in [1.29, 1.82) is 0 Å². The van der Waals surface area contributed by atoms with Crippen molar-refractivity contribution in [2.24, 2.45) is 10.5 Å². The maximum absolute atomic E-state index is 11.7. The molecule has 1 aromatic rings. The summed E-state index contributed by atoms with van der Waals surface area (Å²) < 4.78 is 0. The monoisotopic (exact) mass is 202 g/mol. The van der Waals surface area contributed by atoms with Crippen LogP contribution in [-0.2, 0) is 11.2 Å². The van der Waals surface area contributed by atoms with Crippen LogP contribution in [0.2, 0.25) is 0 Å². The average molecular weight is 202 g/mol. The molecule has 0 radical (unpaired) electrons. The van der Waals surface area contributed by atoms with Crippen LogP contribution >= 0.6 is 0 Å². The fourth-order valence-corrected chi connectivity index (χ4v) is 1.76. The summed E-state index contributed by atoms with van der Waals surface area (Å²) in [6.07, 6.45) is 0.703. The summed E-state index contributed by atoms with van der Waals surface area (Å²) in [6, 6.07) is 10.0. The highest BCUT2D eigenvalue weighted by atomic mass is 16.2. The van der Waals surface area contributed by atoms with E-state index in [2.05, 4.69) is 10.5 Å². The van der Waals surface area contributed by atoms with Gasteiger partial charge < -0.3 is 0 Å². The van der Waals surface area contributed by atoms with Crippen LogP contribution in [0.15, 0.2) is 35.4 Å². The molecule has 3 nitrogen and oxygen atoms in total. The Balaban J connectivity index is 2.25. The Morgan fingerprint density at radius 3 is 2.53 bits per heavy atom. The standard InChI is InChI=1S/C12H14N2O/c1-9-12(2,11(15)14-13-9)8-10-6-4-3-5-7-10/h3-7H,8H2,1-2H3,(H,14,15)/t12-/m0/s1. The fraction of sp³-hybridized carbons (Fsp3) is 0.333. The van der Waals surface area contributed by atoms with Crippen molar-refractivity contribution in [1.82, 2.24) is 5.43 Å². The predicted octanol–water partition coefficient (Wildman–Crippen LogP) is 1.74. The van der Waals surface area contributed by atoms with Crippen molar-refractivity contribution in [2.45, 2.75) is 20.3 Å². The molecule has 1 N–H and O–H groups in total. The van der Waals surface area contributed by atoms with E-state index in [1.807, 2.05) is 44.2 Å². The first-order valence-corrected chi connectivity index (χ1v) is 5.02. The van der Waals surface area contributed by atoms with Gasteiger partial charge in [0.1, 0.15) is 0 Å². The zero-order valence-electron chi connectivity index (χ0n) is 8.95. The molecule has 0 unspecified atom stereocenters. The van der Waals surface area contributed by atoms with Crippen molar-refractivity contribution in [3.63, 3.8) is 0 Å². The van der Waals surface area contributed by atoms with Crippen LogP contribution in [0.1, 0.15) is 19.4 Å². The van der Waals surface area contributed by atoms with Crippen molar-refractivity contribution >= 4 is 11.6 Å². The summed E-state index contributed by atoms with van der Waals surface area (Å²) in [5, 5.41) is 3.98. The number of nitrogens with one attached hydrogen (secondary N) is 1.